The van der Waals surface area contributed by atoms with E-state index in [9.17, 15) is 0 Å². The third kappa shape index (κ3) is 3.27. The van der Waals surface area contributed by atoms with Gasteiger partial charge in [0.2, 0.25) is 0 Å². The Kier molecular flexibility index (Phi) is 4.68. The molecule has 4 heteroatoms. The molecule has 0 bridgehead atoms. The molecule has 1 heterocycles. The summed E-state index contributed by atoms with van der Waals surface area (Å²) in [6, 6.07) is 8.16. The first-order chi connectivity index (χ1) is 8.58. The van der Waals surface area contributed by atoms with Gasteiger partial charge in [-0.1, -0.05) is 29.3 Å². The van der Waals surface area contributed by atoms with Crippen LogP contribution >= 0.6 is 34.5 Å². The molecule has 0 aliphatic heterocycles. The monoisotopic (exact) mass is 299 g/mol. The molecule has 1 unspecified atom stereocenters. The summed E-state index contributed by atoms with van der Waals surface area (Å²) in [5.74, 6) is 0. The Morgan fingerprint density at radius 1 is 1.22 bits per heavy atom. The van der Waals surface area contributed by atoms with Crippen molar-refractivity contribution < 1.29 is 0 Å². The fraction of sp³-hybridized carbons (Fsp3) is 0.286. The zero-order valence-corrected chi connectivity index (χ0v) is 12.7. The van der Waals surface area contributed by atoms with Crippen LogP contribution in [-0.2, 0) is 6.54 Å². The van der Waals surface area contributed by atoms with E-state index in [0.29, 0.717) is 10.0 Å². The Morgan fingerprint density at radius 3 is 2.61 bits per heavy atom. The van der Waals surface area contributed by atoms with E-state index in [4.69, 9.17) is 23.2 Å². The molecule has 0 fully saturated rings. The topological polar surface area (TPSA) is 12.0 Å². The molecule has 1 aromatic heterocycles. The predicted molar refractivity (Wildman–Crippen MR) is 80.8 cm³/mol. The molecule has 0 radical (unpaired) electrons. The Labute approximate surface area is 122 Å². The number of halogens is 2. The highest BCUT2D eigenvalue weighted by atomic mass is 35.5. The molecule has 0 spiro atoms. The molecule has 0 aliphatic carbocycles. The number of aryl methyl sites for hydroxylation is 1. The lowest BCUT2D eigenvalue weighted by atomic mass is 10.1. The van der Waals surface area contributed by atoms with Gasteiger partial charge in [-0.2, -0.15) is 0 Å². The number of rotatable bonds is 4. The zero-order chi connectivity index (χ0) is 13.1. The molecule has 0 amide bonds. The molecule has 2 aromatic rings. The first-order valence-corrected chi connectivity index (χ1v) is 7.43. The summed E-state index contributed by atoms with van der Waals surface area (Å²) in [6.45, 7) is 5.14. The van der Waals surface area contributed by atoms with Crippen LogP contribution in [0, 0.1) is 6.92 Å². The normalized spacial score (nSPS) is 12.7. The lowest BCUT2D eigenvalue weighted by Crippen LogP contribution is -2.17. The van der Waals surface area contributed by atoms with Gasteiger partial charge in [0.15, 0.2) is 0 Å². The van der Waals surface area contributed by atoms with Crippen LogP contribution in [0.25, 0.3) is 0 Å². The molecule has 96 valence electrons. The molecular weight excluding hydrogens is 285 g/mol. The van der Waals surface area contributed by atoms with Crippen LogP contribution in [0.4, 0.5) is 0 Å². The highest BCUT2D eigenvalue weighted by Crippen LogP contribution is 2.26. The van der Waals surface area contributed by atoms with Crippen molar-refractivity contribution in [2.24, 2.45) is 0 Å². The summed E-state index contributed by atoms with van der Waals surface area (Å²) in [7, 11) is 0. The minimum Gasteiger partial charge on any atom is -0.305 e. The second-order valence-electron chi connectivity index (χ2n) is 4.30. The van der Waals surface area contributed by atoms with E-state index in [-0.39, 0.29) is 6.04 Å². The minimum atomic E-state index is 0.251. The summed E-state index contributed by atoms with van der Waals surface area (Å²) < 4.78 is 0. The van der Waals surface area contributed by atoms with Gasteiger partial charge in [-0.25, -0.2) is 0 Å². The molecule has 0 saturated carbocycles. The molecule has 1 N–H and O–H groups in total. The van der Waals surface area contributed by atoms with Gasteiger partial charge >= 0.3 is 0 Å². The van der Waals surface area contributed by atoms with Crippen molar-refractivity contribution in [2.75, 3.05) is 0 Å². The van der Waals surface area contributed by atoms with Crippen LogP contribution in [0.2, 0.25) is 10.0 Å². The summed E-state index contributed by atoms with van der Waals surface area (Å²) in [4.78, 5) is 1.38. The van der Waals surface area contributed by atoms with Crippen LogP contribution in [-0.4, -0.2) is 0 Å². The van der Waals surface area contributed by atoms with Gasteiger partial charge in [-0.3, -0.25) is 0 Å². The van der Waals surface area contributed by atoms with Crippen molar-refractivity contribution in [3.8, 4) is 0 Å². The van der Waals surface area contributed by atoms with Gasteiger partial charge in [-0.15, -0.1) is 11.3 Å². The van der Waals surface area contributed by atoms with Crippen molar-refractivity contribution in [3.63, 3.8) is 0 Å². The average molecular weight is 300 g/mol. The Balaban J connectivity index is 2.01. The predicted octanol–water partition coefficient (Wildman–Crippen LogP) is 5.21. The van der Waals surface area contributed by atoms with Crippen molar-refractivity contribution in [1.29, 1.82) is 0 Å². The SMILES string of the molecule is Cc1ccsc1CNC(C)c1ccc(Cl)c(Cl)c1. The molecule has 0 saturated heterocycles. The van der Waals surface area contributed by atoms with Crippen molar-refractivity contribution in [2.45, 2.75) is 26.4 Å². The maximum atomic E-state index is 6.03. The Hall–Kier alpha value is -0.540. The molecule has 1 atom stereocenters. The van der Waals surface area contributed by atoms with Crippen LogP contribution in [0.1, 0.15) is 29.0 Å². The largest absolute Gasteiger partial charge is 0.305 e. The van der Waals surface area contributed by atoms with Gasteiger partial charge in [0.1, 0.15) is 0 Å². The Morgan fingerprint density at radius 2 is 2.00 bits per heavy atom. The van der Waals surface area contributed by atoms with E-state index in [1.54, 1.807) is 11.3 Å². The molecule has 2 rings (SSSR count). The van der Waals surface area contributed by atoms with Crippen molar-refractivity contribution in [1.82, 2.24) is 5.32 Å². The van der Waals surface area contributed by atoms with Crippen LogP contribution in [0.3, 0.4) is 0 Å². The van der Waals surface area contributed by atoms with Crippen LogP contribution in [0.15, 0.2) is 29.6 Å². The molecule has 1 nitrogen and oxygen atoms in total. The third-order valence-electron chi connectivity index (χ3n) is 2.98. The maximum Gasteiger partial charge on any atom is 0.0595 e. The molecule has 1 aromatic carbocycles. The average Bonchev–Trinajstić information content (AvgIpc) is 2.75. The summed E-state index contributed by atoms with van der Waals surface area (Å²) >= 11 is 13.7. The molecule has 0 aliphatic rings. The number of thiophene rings is 1. The first kappa shape index (κ1) is 13.9. The molecular formula is C14H15Cl2NS. The van der Waals surface area contributed by atoms with E-state index in [2.05, 4.69) is 30.6 Å². The van der Waals surface area contributed by atoms with E-state index in [1.807, 2.05) is 18.2 Å². The summed E-state index contributed by atoms with van der Waals surface area (Å²) in [5.41, 5.74) is 2.49. The van der Waals surface area contributed by atoms with Crippen LogP contribution < -0.4 is 5.32 Å². The lowest BCUT2D eigenvalue weighted by Gasteiger charge is -2.14. The molecule has 18 heavy (non-hydrogen) atoms. The number of benzene rings is 1. The minimum absolute atomic E-state index is 0.251. The first-order valence-electron chi connectivity index (χ1n) is 5.79. The standard InChI is InChI=1S/C14H15Cl2NS/c1-9-5-6-18-14(9)8-17-10(2)11-3-4-12(15)13(16)7-11/h3-7,10,17H,8H2,1-2H3. The highest BCUT2D eigenvalue weighted by Gasteiger charge is 2.08. The second-order valence-corrected chi connectivity index (χ2v) is 6.12. The summed E-state index contributed by atoms with van der Waals surface area (Å²) in [6.07, 6.45) is 0. The quantitative estimate of drug-likeness (QED) is 0.817. The zero-order valence-electron chi connectivity index (χ0n) is 10.3. The van der Waals surface area contributed by atoms with Gasteiger partial charge < -0.3 is 5.32 Å². The maximum absolute atomic E-state index is 6.03. The smallest absolute Gasteiger partial charge is 0.0595 e. The number of nitrogens with one attached hydrogen (secondary N) is 1. The van der Waals surface area contributed by atoms with Crippen molar-refractivity contribution >= 4 is 34.5 Å². The van der Waals surface area contributed by atoms with E-state index in [1.165, 1.54) is 10.4 Å². The number of hydrogen-bond donors (Lipinski definition) is 1. The van der Waals surface area contributed by atoms with Crippen molar-refractivity contribution in [3.05, 3.63) is 55.7 Å². The van der Waals surface area contributed by atoms with Gasteiger partial charge in [0.25, 0.3) is 0 Å². The Bertz CT molecular complexity index is 536. The van der Waals surface area contributed by atoms with Crippen LogP contribution in [0.5, 0.6) is 0 Å². The summed E-state index contributed by atoms with van der Waals surface area (Å²) in [5, 5.41) is 6.82. The lowest BCUT2D eigenvalue weighted by molar-refractivity contribution is 0.578. The van der Waals surface area contributed by atoms with E-state index in [0.717, 1.165) is 12.1 Å². The highest BCUT2D eigenvalue weighted by molar-refractivity contribution is 7.10. The number of hydrogen-bond acceptors (Lipinski definition) is 2. The fourth-order valence-corrected chi connectivity index (χ4v) is 2.89. The van der Waals surface area contributed by atoms with Gasteiger partial charge in [0, 0.05) is 17.5 Å². The third-order valence-corrected chi connectivity index (χ3v) is 4.74. The van der Waals surface area contributed by atoms with E-state index < -0.39 is 0 Å². The van der Waals surface area contributed by atoms with E-state index >= 15 is 0 Å². The second kappa shape index (κ2) is 6.07. The van der Waals surface area contributed by atoms with Gasteiger partial charge in [-0.05, 0) is 48.6 Å². The fourth-order valence-electron chi connectivity index (χ4n) is 1.73. The van der Waals surface area contributed by atoms with Gasteiger partial charge in [0.05, 0.1) is 10.0 Å².